The molecule has 2 unspecified atom stereocenters. The van der Waals surface area contributed by atoms with Crippen LogP contribution in [-0.4, -0.2) is 60.9 Å². The number of carbonyl (C=O) groups is 2. The lowest BCUT2D eigenvalue weighted by atomic mass is 10.1. The Bertz CT molecular complexity index is 1050. The van der Waals surface area contributed by atoms with E-state index in [0.29, 0.717) is 49.4 Å². The molecular weight excluding hydrogens is 431 g/mol. The van der Waals surface area contributed by atoms with Crippen LogP contribution >= 0.6 is 0 Å². The average Bonchev–Trinajstić information content (AvgIpc) is 3.35. The molecule has 1 N–H and O–H groups in total. The van der Waals surface area contributed by atoms with E-state index in [1.165, 1.54) is 17.2 Å². The van der Waals surface area contributed by atoms with Crippen LogP contribution in [0.2, 0.25) is 0 Å². The maximum absolute atomic E-state index is 14.8. The second kappa shape index (κ2) is 9.37. The minimum Gasteiger partial charge on any atom is -0.366 e. The van der Waals surface area contributed by atoms with Crippen molar-refractivity contribution in [1.29, 1.82) is 0 Å². The van der Waals surface area contributed by atoms with E-state index in [-0.39, 0.29) is 23.5 Å². The van der Waals surface area contributed by atoms with Gasteiger partial charge in [0.05, 0.1) is 5.69 Å². The van der Waals surface area contributed by atoms with Crippen molar-refractivity contribution >= 4 is 23.2 Å². The van der Waals surface area contributed by atoms with Gasteiger partial charge in [0.1, 0.15) is 5.82 Å². The van der Waals surface area contributed by atoms with Gasteiger partial charge in [-0.1, -0.05) is 31.2 Å². The fourth-order valence-electron chi connectivity index (χ4n) is 5.60. The summed E-state index contributed by atoms with van der Waals surface area (Å²) in [5.74, 6) is 0.542. The molecule has 2 amide bonds. The smallest absolute Gasteiger partial charge is 0.228 e. The molecule has 6 nitrogen and oxygen atoms in total. The van der Waals surface area contributed by atoms with Crippen LogP contribution < -0.4 is 10.2 Å². The Kier molecular flexibility index (Phi) is 6.30. The number of aryl methyl sites for hydroxylation is 1. The van der Waals surface area contributed by atoms with Crippen LogP contribution in [0.1, 0.15) is 25.0 Å². The average molecular weight is 465 g/mol. The number of anilines is 2. The van der Waals surface area contributed by atoms with Gasteiger partial charge in [0.15, 0.2) is 0 Å². The molecule has 2 heterocycles. The topological polar surface area (TPSA) is 55.9 Å². The molecule has 1 saturated carbocycles. The Morgan fingerprint density at radius 1 is 0.971 bits per heavy atom. The first kappa shape index (κ1) is 22.8. The van der Waals surface area contributed by atoms with Crippen molar-refractivity contribution in [3.63, 3.8) is 0 Å². The minimum absolute atomic E-state index is 0.00386. The van der Waals surface area contributed by atoms with Gasteiger partial charge in [-0.3, -0.25) is 14.5 Å². The van der Waals surface area contributed by atoms with E-state index in [1.54, 1.807) is 24.0 Å². The zero-order valence-electron chi connectivity index (χ0n) is 20.0. The number of hydrogen-bond donors (Lipinski definition) is 1. The molecule has 0 bridgehead atoms. The number of benzene rings is 2. The SMILES string of the molecule is CCc1ccc(CN2CC3C(C2)C3C(=O)Nc2ccc(N3CCN(C(C)=O)CC3)c(F)c2)cc1. The van der Waals surface area contributed by atoms with Gasteiger partial charge in [0, 0.05) is 64.3 Å². The highest BCUT2D eigenvalue weighted by Gasteiger charge is 2.59. The summed E-state index contributed by atoms with van der Waals surface area (Å²) in [6.45, 7) is 8.94. The highest BCUT2D eigenvalue weighted by molar-refractivity contribution is 5.95. The van der Waals surface area contributed by atoms with Gasteiger partial charge < -0.3 is 15.1 Å². The van der Waals surface area contributed by atoms with Crippen molar-refractivity contribution in [2.75, 3.05) is 49.5 Å². The Morgan fingerprint density at radius 2 is 1.62 bits per heavy atom. The van der Waals surface area contributed by atoms with Gasteiger partial charge in [0.2, 0.25) is 11.8 Å². The van der Waals surface area contributed by atoms with Crippen LogP contribution in [-0.2, 0) is 22.6 Å². The van der Waals surface area contributed by atoms with Crippen LogP contribution in [0.5, 0.6) is 0 Å². The van der Waals surface area contributed by atoms with E-state index >= 15 is 0 Å². The zero-order valence-corrected chi connectivity index (χ0v) is 20.0. The first-order valence-electron chi connectivity index (χ1n) is 12.3. The molecule has 2 atom stereocenters. The number of carbonyl (C=O) groups excluding carboxylic acids is 2. The highest BCUT2D eigenvalue weighted by atomic mass is 19.1. The predicted molar refractivity (Wildman–Crippen MR) is 131 cm³/mol. The van der Waals surface area contributed by atoms with Crippen LogP contribution in [0.3, 0.4) is 0 Å². The second-order valence-electron chi connectivity index (χ2n) is 9.87. The van der Waals surface area contributed by atoms with Crippen LogP contribution in [0.15, 0.2) is 42.5 Å². The molecule has 5 rings (SSSR count). The number of fused-ring (bicyclic) bond motifs is 1. The molecule has 3 aliphatic rings. The van der Waals surface area contributed by atoms with E-state index in [0.717, 1.165) is 26.1 Å². The van der Waals surface area contributed by atoms with Gasteiger partial charge in [-0.05, 0) is 47.6 Å². The van der Waals surface area contributed by atoms with Crippen molar-refractivity contribution in [3.05, 3.63) is 59.4 Å². The summed E-state index contributed by atoms with van der Waals surface area (Å²) in [7, 11) is 0. The highest BCUT2D eigenvalue weighted by Crippen LogP contribution is 2.52. The van der Waals surface area contributed by atoms with E-state index in [2.05, 4.69) is 41.4 Å². The zero-order chi connectivity index (χ0) is 23.8. The first-order chi connectivity index (χ1) is 16.4. The molecule has 0 aromatic heterocycles. The maximum Gasteiger partial charge on any atom is 0.228 e. The summed E-state index contributed by atoms with van der Waals surface area (Å²) in [4.78, 5) is 30.5. The van der Waals surface area contributed by atoms with Crippen molar-refractivity contribution in [2.24, 2.45) is 17.8 Å². The van der Waals surface area contributed by atoms with E-state index < -0.39 is 0 Å². The van der Waals surface area contributed by atoms with Crippen molar-refractivity contribution in [3.8, 4) is 0 Å². The monoisotopic (exact) mass is 464 g/mol. The number of piperazine rings is 1. The molecule has 2 aromatic rings. The largest absolute Gasteiger partial charge is 0.366 e. The third-order valence-electron chi connectivity index (χ3n) is 7.69. The maximum atomic E-state index is 14.8. The predicted octanol–water partition coefficient (Wildman–Crippen LogP) is 3.37. The molecule has 2 saturated heterocycles. The Labute approximate surface area is 200 Å². The van der Waals surface area contributed by atoms with Gasteiger partial charge in [-0.25, -0.2) is 4.39 Å². The lowest BCUT2D eigenvalue weighted by Crippen LogP contribution is -2.48. The third-order valence-corrected chi connectivity index (χ3v) is 7.69. The Hall–Kier alpha value is -2.93. The molecule has 2 aromatic carbocycles. The number of halogens is 1. The molecular formula is C27H33FN4O2. The first-order valence-corrected chi connectivity index (χ1v) is 12.3. The number of likely N-dealkylation sites (tertiary alicyclic amines) is 1. The Morgan fingerprint density at radius 3 is 2.21 bits per heavy atom. The number of amides is 2. The second-order valence-corrected chi connectivity index (χ2v) is 9.87. The molecule has 0 spiro atoms. The normalized spacial score (nSPS) is 24.1. The number of nitrogens with one attached hydrogen (secondary N) is 1. The number of hydrogen-bond acceptors (Lipinski definition) is 4. The minimum atomic E-state index is -0.342. The van der Waals surface area contributed by atoms with Crippen molar-refractivity contribution in [2.45, 2.75) is 26.8 Å². The molecule has 2 aliphatic heterocycles. The van der Waals surface area contributed by atoms with Gasteiger partial charge in [-0.15, -0.1) is 0 Å². The number of rotatable bonds is 6. The lowest BCUT2D eigenvalue weighted by Gasteiger charge is -2.35. The molecule has 3 fully saturated rings. The standard InChI is InChI=1S/C27H33FN4O2/c1-3-19-4-6-20(7-5-19)15-30-16-22-23(17-30)26(22)27(34)29-21-8-9-25(24(28)14-21)32-12-10-31(11-13-32)18(2)33/h4-9,14,22-23,26H,3,10-13,15-17H2,1-2H3,(H,29,34). The van der Waals surface area contributed by atoms with Crippen molar-refractivity contribution < 1.29 is 14.0 Å². The van der Waals surface area contributed by atoms with E-state index in [1.807, 2.05) is 4.90 Å². The summed E-state index contributed by atoms with van der Waals surface area (Å²) >= 11 is 0. The van der Waals surface area contributed by atoms with Gasteiger partial charge in [0.25, 0.3) is 0 Å². The van der Waals surface area contributed by atoms with Crippen LogP contribution in [0.25, 0.3) is 0 Å². The molecule has 180 valence electrons. The number of nitrogens with zero attached hydrogens (tertiary/aromatic N) is 3. The third kappa shape index (κ3) is 4.67. The molecule has 7 heteroatoms. The molecule has 34 heavy (non-hydrogen) atoms. The van der Waals surface area contributed by atoms with Gasteiger partial charge >= 0.3 is 0 Å². The van der Waals surface area contributed by atoms with Gasteiger partial charge in [-0.2, -0.15) is 0 Å². The fourth-order valence-corrected chi connectivity index (χ4v) is 5.60. The van der Waals surface area contributed by atoms with E-state index in [9.17, 15) is 14.0 Å². The molecule has 1 aliphatic carbocycles. The quantitative estimate of drug-likeness (QED) is 0.712. The van der Waals surface area contributed by atoms with E-state index in [4.69, 9.17) is 0 Å². The Balaban J connectivity index is 1.11. The van der Waals surface area contributed by atoms with Crippen molar-refractivity contribution in [1.82, 2.24) is 9.80 Å². The van der Waals surface area contributed by atoms with Crippen LogP contribution in [0.4, 0.5) is 15.8 Å². The lowest BCUT2D eigenvalue weighted by molar-refractivity contribution is -0.129. The summed E-state index contributed by atoms with van der Waals surface area (Å²) in [5, 5.41) is 2.93. The summed E-state index contributed by atoms with van der Waals surface area (Å²) in [5.41, 5.74) is 3.70. The number of piperidine rings is 1. The summed E-state index contributed by atoms with van der Waals surface area (Å²) in [6.07, 6.45) is 1.05. The molecule has 0 radical (unpaired) electrons. The van der Waals surface area contributed by atoms with Crippen LogP contribution in [0, 0.1) is 23.6 Å². The summed E-state index contributed by atoms with van der Waals surface area (Å²) < 4.78 is 14.8. The fraction of sp³-hybridized carbons (Fsp3) is 0.481. The summed E-state index contributed by atoms with van der Waals surface area (Å²) in [6, 6.07) is 13.7.